The molecule has 0 spiro atoms. The van der Waals surface area contributed by atoms with Gasteiger partial charge in [-0.3, -0.25) is 14.9 Å². The average molecular weight is 199 g/mol. The molecule has 0 saturated carbocycles. The molecular formula is C8H6FNO4. The third kappa shape index (κ3) is 1.54. The first-order chi connectivity index (χ1) is 6.45. The van der Waals surface area contributed by atoms with E-state index >= 15 is 0 Å². The maximum atomic E-state index is 12.7. The van der Waals surface area contributed by atoms with Crippen molar-refractivity contribution in [2.45, 2.75) is 6.92 Å². The van der Waals surface area contributed by atoms with Crippen LogP contribution in [0.3, 0.4) is 0 Å². The van der Waals surface area contributed by atoms with Crippen LogP contribution < -0.4 is 0 Å². The predicted molar refractivity (Wildman–Crippen MR) is 44.7 cm³/mol. The summed E-state index contributed by atoms with van der Waals surface area (Å²) in [5, 5.41) is 19.5. The van der Waals surface area contributed by atoms with E-state index in [1.807, 2.05) is 0 Å². The number of carbonyl (C=O) groups excluding carboxylic acids is 1. The van der Waals surface area contributed by atoms with Gasteiger partial charge < -0.3 is 5.11 Å². The second-order valence-electron chi connectivity index (χ2n) is 2.61. The molecule has 5 nitrogen and oxygen atoms in total. The van der Waals surface area contributed by atoms with Crippen LogP contribution in [0.4, 0.5) is 10.1 Å². The summed E-state index contributed by atoms with van der Waals surface area (Å²) in [4.78, 5) is 20.3. The van der Waals surface area contributed by atoms with Gasteiger partial charge >= 0.3 is 5.69 Å². The van der Waals surface area contributed by atoms with Crippen molar-refractivity contribution in [1.29, 1.82) is 0 Å². The number of benzene rings is 1. The Bertz CT molecular complexity index is 416. The molecule has 1 aromatic carbocycles. The Morgan fingerprint density at radius 1 is 1.57 bits per heavy atom. The molecule has 0 aliphatic heterocycles. The van der Waals surface area contributed by atoms with Crippen LogP contribution in [-0.2, 0) is 0 Å². The van der Waals surface area contributed by atoms with Crippen molar-refractivity contribution in [3.05, 3.63) is 33.6 Å². The number of Topliss-reactive ketones (excluding diaryl/α,β-unsaturated/α-hetero) is 1. The fourth-order valence-electron chi connectivity index (χ4n) is 1.02. The molecule has 1 N–H and O–H groups in total. The molecule has 0 bridgehead atoms. The molecule has 0 unspecified atom stereocenters. The molecule has 6 heteroatoms. The Hall–Kier alpha value is -1.98. The topological polar surface area (TPSA) is 80.4 Å². The van der Waals surface area contributed by atoms with Gasteiger partial charge in [0.05, 0.1) is 10.5 Å². The highest BCUT2D eigenvalue weighted by molar-refractivity contribution is 5.99. The number of rotatable bonds is 2. The van der Waals surface area contributed by atoms with Gasteiger partial charge in [0.25, 0.3) is 0 Å². The van der Waals surface area contributed by atoms with E-state index in [2.05, 4.69) is 0 Å². The smallest absolute Gasteiger partial charge is 0.324 e. The number of hydrogen-bond acceptors (Lipinski definition) is 4. The zero-order chi connectivity index (χ0) is 10.9. The van der Waals surface area contributed by atoms with Gasteiger partial charge in [0.15, 0.2) is 11.6 Å². The van der Waals surface area contributed by atoms with E-state index in [0.717, 1.165) is 19.1 Å². The summed E-state index contributed by atoms with van der Waals surface area (Å²) >= 11 is 0. The van der Waals surface area contributed by atoms with Crippen molar-refractivity contribution in [3.8, 4) is 5.75 Å². The first-order valence-electron chi connectivity index (χ1n) is 3.62. The summed E-state index contributed by atoms with van der Waals surface area (Å²) in [6.07, 6.45) is 0. The van der Waals surface area contributed by atoms with Gasteiger partial charge in [0.1, 0.15) is 0 Å². The van der Waals surface area contributed by atoms with E-state index in [1.165, 1.54) is 0 Å². The van der Waals surface area contributed by atoms with E-state index in [4.69, 9.17) is 5.11 Å². The van der Waals surface area contributed by atoms with E-state index in [9.17, 15) is 19.3 Å². The van der Waals surface area contributed by atoms with Crippen LogP contribution in [0.5, 0.6) is 5.75 Å². The van der Waals surface area contributed by atoms with Crippen molar-refractivity contribution in [1.82, 2.24) is 0 Å². The molecule has 0 amide bonds. The molecule has 74 valence electrons. The molecule has 0 aromatic heterocycles. The molecule has 0 saturated heterocycles. The first kappa shape index (κ1) is 10.1. The lowest BCUT2D eigenvalue weighted by atomic mass is 10.1. The van der Waals surface area contributed by atoms with Crippen molar-refractivity contribution in [2.24, 2.45) is 0 Å². The monoisotopic (exact) mass is 199 g/mol. The van der Waals surface area contributed by atoms with Gasteiger partial charge in [-0.25, -0.2) is 4.39 Å². The maximum Gasteiger partial charge on any atom is 0.324 e. The predicted octanol–water partition coefficient (Wildman–Crippen LogP) is 1.64. The average Bonchev–Trinajstić information content (AvgIpc) is 2.08. The number of carbonyl (C=O) groups is 1. The van der Waals surface area contributed by atoms with Crippen LogP contribution >= 0.6 is 0 Å². The second kappa shape index (κ2) is 3.41. The minimum absolute atomic E-state index is 0.311. The van der Waals surface area contributed by atoms with Gasteiger partial charge in [-0.2, -0.15) is 0 Å². The number of phenolic OH excluding ortho intramolecular Hbond substituents is 1. The van der Waals surface area contributed by atoms with E-state index in [0.29, 0.717) is 0 Å². The summed E-state index contributed by atoms with van der Waals surface area (Å²) in [6, 6.07) is 1.77. The first-order valence-corrected chi connectivity index (χ1v) is 3.62. The van der Waals surface area contributed by atoms with Crippen LogP contribution in [-0.4, -0.2) is 15.8 Å². The Morgan fingerprint density at radius 3 is 2.57 bits per heavy atom. The Labute approximate surface area is 77.9 Å². The summed E-state index contributed by atoms with van der Waals surface area (Å²) in [5.74, 6) is -2.84. The minimum atomic E-state index is -1.12. The lowest BCUT2D eigenvalue weighted by molar-refractivity contribution is -0.386. The minimum Gasteiger partial charge on any atom is -0.500 e. The number of nitro groups is 1. The maximum absolute atomic E-state index is 12.7. The highest BCUT2D eigenvalue weighted by Gasteiger charge is 2.25. The van der Waals surface area contributed by atoms with Crippen LogP contribution in [0.15, 0.2) is 12.1 Å². The summed E-state index contributed by atoms with van der Waals surface area (Å²) in [6.45, 7) is 1.10. The number of nitrogens with zero attached hydrogens (tertiary/aromatic N) is 1. The molecule has 0 heterocycles. The number of nitro benzene ring substituents is 1. The number of ketones is 1. The molecule has 0 aliphatic carbocycles. The standard InChI is InChI=1S/C8H6FNO4/c1-4(11)5-2-3-6(9)8(12)7(5)10(13)14/h2-3,12H,1H3. The fourth-order valence-corrected chi connectivity index (χ4v) is 1.02. The van der Waals surface area contributed by atoms with Gasteiger partial charge in [-0.15, -0.1) is 0 Å². The third-order valence-corrected chi connectivity index (χ3v) is 1.66. The Morgan fingerprint density at radius 2 is 2.14 bits per heavy atom. The Balaban J connectivity index is 3.53. The highest BCUT2D eigenvalue weighted by atomic mass is 19.1. The lowest BCUT2D eigenvalue weighted by Gasteiger charge is -2.01. The Kier molecular flexibility index (Phi) is 2.46. The van der Waals surface area contributed by atoms with Crippen LogP contribution in [0.2, 0.25) is 0 Å². The normalized spacial score (nSPS) is 9.86. The van der Waals surface area contributed by atoms with Crippen LogP contribution in [0, 0.1) is 15.9 Å². The van der Waals surface area contributed by atoms with Crippen LogP contribution in [0.25, 0.3) is 0 Å². The lowest BCUT2D eigenvalue weighted by Crippen LogP contribution is -2.01. The van der Waals surface area contributed by atoms with Crippen molar-refractivity contribution in [2.75, 3.05) is 0 Å². The number of hydrogen-bond donors (Lipinski definition) is 1. The fraction of sp³-hybridized carbons (Fsp3) is 0.125. The molecule has 1 aromatic rings. The zero-order valence-electron chi connectivity index (χ0n) is 7.15. The molecule has 0 fully saturated rings. The molecule has 0 atom stereocenters. The summed E-state index contributed by atoms with van der Waals surface area (Å²) in [7, 11) is 0. The zero-order valence-corrected chi connectivity index (χ0v) is 7.15. The summed E-state index contributed by atoms with van der Waals surface area (Å²) in [5.41, 5.74) is -1.20. The largest absolute Gasteiger partial charge is 0.500 e. The van der Waals surface area contributed by atoms with Crippen LogP contribution in [0.1, 0.15) is 17.3 Å². The number of phenols is 1. The second-order valence-corrected chi connectivity index (χ2v) is 2.61. The van der Waals surface area contributed by atoms with Crippen molar-refractivity contribution in [3.63, 3.8) is 0 Å². The molecule has 0 aliphatic rings. The molecule has 0 radical (unpaired) electrons. The third-order valence-electron chi connectivity index (χ3n) is 1.66. The van der Waals surface area contributed by atoms with Gasteiger partial charge in [0.2, 0.25) is 5.75 Å². The highest BCUT2D eigenvalue weighted by Crippen LogP contribution is 2.32. The number of halogens is 1. The van der Waals surface area contributed by atoms with E-state index in [-0.39, 0.29) is 5.56 Å². The molecule has 14 heavy (non-hydrogen) atoms. The van der Waals surface area contributed by atoms with Crippen molar-refractivity contribution < 1.29 is 19.2 Å². The number of aromatic hydroxyl groups is 1. The quantitative estimate of drug-likeness (QED) is 0.446. The SMILES string of the molecule is CC(=O)c1ccc(F)c(O)c1[N+](=O)[O-]. The van der Waals surface area contributed by atoms with Crippen molar-refractivity contribution >= 4 is 11.5 Å². The summed E-state index contributed by atoms with van der Waals surface area (Å²) < 4.78 is 12.7. The van der Waals surface area contributed by atoms with Gasteiger partial charge in [-0.1, -0.05) is 0 Å². The van der Waals surface area contributed by atoms with Gasteiger partial charge in [0, 0.05) is 0 Å². The van der Waals surface area contributed by atoms with Gasteiger partial charge in [-0.05, 0) is 19.1 Å². The van der Waals surface area contributed by atoms with E-state index < -0.39 is 28.0 Å². The van der Waals surface area contributed by atoms with E-state index in [1.54, 1.807) is 0 Å². The molecular weight excluding hydrogens is 193 g/mol. The molecule has 1 rings (SSSR count).